The molecule has 4 aliphatic rings. The van der Waals surface area contributed by atoms with Crippen LogP contribution in [0.1, 0.15) is 90.0 Å². The number of alkyl halides is 1. The highest BCUT2D eigenvalue weighted by atomic mass is 79.9. The first kappa shape index (κ1) is 69.8. The van der Waals surface area contributed by atoms with Gasteiger partial charge < -0.3 is 94.7 Å². The van der Waals surface area contributed by atoms with Gasteiger partial charge in [0.15, 0.2) is 67.7 Å². The van der Waals surface area contributed by atoms with Crippen molar-refractivity contribution in [3.8, 4) is 0 Å². The van der Waals surface area contributed by atoms with Crippen molar-refractivity contribution in [2.24, 2.45) is 0 Å². The zero-order valence-electron chi connectivity index (χ0n) is 47.7. The lowest BCUT2D eigenvalue weighted by Gasteiger charge is -2.51. The van der Waals surface area contributed by atoms with Gasteiger partial charge in [-0.25, -0.2) is 0 Å². The van der Waals surface area contributed by atoms with Crippen LogP contribution < -0.4 is 0 Å². The summed E-state index contributed by atoms with van der Waals surface area (Å²) in [5.74, 6) is -13.1. The lowest BCUT2D eigenvalue weighted by Crippen LogP contribution is -2.69. The molecule has 0 aliphatic carbocycles. The van der Waals surface area contributed by atoms with Gasteiger partial charge in [-0.15, -0.1) is 0 Å². The van der Waals surface area contributed by atoms with E-state index >= 15 is 0 Å². The second-order valence-electron chi connectivity index (χ2n) is 18.8. The van der Waals surface area contributed by atoms with Gasteiger partial charge in [-0.3, -0.25) is 62.3 Å². The zero-order chi connectivity index (χ0) is 63.0. The van der Waals surface area contributed by atoms with Gasteiger partial charge in [0.2, 0.25) is 12.4 Å². The molecule has 9 unspecified atom stereocenters. The minimum absolute atomic E-state index is 0.345. The van der Waals surface area contributed by atoms with Crippen LogP contribution >= 0.6 is 15.9 Å². The summed E-state index contributed by atoms with van der Waals surface area (Å²) in [5, 5.41) is -0.345. The molecule has 20 atom stereocenters. The number of ether oxygens (including phenoxy) is 20. The van der Waals surface area contributed by atoms with Crippen molar-refractivity contribution in [3.05, 3.63) is 0 Å². The van der Waals surface area contributed by atoms with Crippen molar-refractivity contribution >= 4 is 93.5 Å². The highest BCUT2D eigenvalue weighted by molar-refractivity contribution is 9.09. The van der Waals surface area contributed by atoms with Crippen LogP contribution in [0.15, 0.2) is 0 Å². The molecule has 472 valence electrons. The fourth-order valence-electron chi connectivity index (χ4n) is 9.09. The Hall–Kier alpha value is -6.69. The van der Waals surface area contributed by atoms with E-state index in [1.807, 2.05) is 0 Å². The minimum Gasteiger partial charge on any atom is -0.463 e. The molecule has 0 aromatic rings. The van der Waals surface area contributed by atoms with Gasteiger partial charge in [-0.1, -0.05) is 15.9 Å². The summed E-state index contributed by atoms with van der Waals surface area (Å²) in [6, 6.07) is 0. The predicted octanol–water partition coefficient (Wildman–Crippen LogP) is -0.926. The Morgan fingerprint density at radius 3 is 0.714 bits per heavy atom. The van der Waals surface area contributed by atoms with E-state index in [1.165, 1.54) is 0 Å². The summed E-state index contributed by atoms with van der Waals surface area (Å²) in [5.41, 5.74) is 0. The van der Waals surface area contributed by atoms with Crippen molar-refractivity contribution in [2.75, 3.05) is 25.2 Å². The molecule has 0 radical (unpaired) electrons. The molecular weight excluding hydrogens is 1210 g/mol. The topological polar surface area (TPSA) is 407 Å². The Morgan fingerprint density at radius 1 is 0.250 bits per heavy atom. The van der Waals surface area contributed by atoms with E-state index in [2.05, 4.69) is 15.9 Å². The summed E-state index contributed by atoms with van der Waals surface area (Å²) in [6.45, 7) is 10.2. The molecule has 0 saturated carbocycles. The maximum Gasteiger partial charge on any atom is 0.305 e. The molecule has 0 amide bonds. The summed E-state index contributed by atoms with van der Waals surface area (Å²) in [7, 11) is 0. The van der Waals surface area contributed by atoms with Crippen LogP contribution in [0.4, 0.5) is 0 Å². The standard InChI is InChI=1S/C50H67BrO33/c1-18(52)65-15-32-36(68-21(4)55)40(70-23(6)57)45(75-28(11)62)50(80-32)84-38-34(17-67-20(3)54)81-49(46(76-29(12)63)42(38)72-25(8)59)82-35-31(14-51)78-48(44(74-27(10)61)39(35)69-22(5)56)83-37-33(16-66-19(2)53)79-47(77-30(13)64)43(73-26(9)60)41(37)71-24(7)58/h31-50H,14-17H2,1-13H3/t31?,32?,33?,34?,35-,36-,37-,38-,39-,40-,41-,42-,43?,44?,45?,46?,47?,48-,49-,50-/m0/s1. The number of hydrogen-bond donors (Lipinski definition) is 0. The van der Waals surface area contributed by atoms with Crippen molar-refractivity contribution < 1.29 is 157 Å². The number of halogens is 1. The Balaban J connectivity index is 1.93. The third-order valence-electron chi connectivity index (χ3n) is 11.7. The predicted molar refractivity (Wildman–Crippen MR) is 265 cm³/mol. The van der Waals surface area contributed by atoms with E-state index in [4.69, 9.17) is 94.7 Å². The molecule has 4 heterocycles. The second kappa shape index (κ2) is 32.0. The Bertz CT molecular complexity index is 2410. The van der Waals surface area contributed by atoms with Crippen LogP contribution in [0.3, 0.4) is 0 Å². The van der Waals surface area contributed by atoms with Gasteiger partial charge in [0.1, 0.15) is 62.5 Å². The Labute approximate surface area is 487 Å². The van der Waals surface area contributed by atoms with Crippen molar-refractivity contribution in [2.45, 2.75) is 213 Å². The second-order valence-corrected chi connectivity index (χ2v) is 19.5. The first-order valence-electron chi connectivity index (χ1n) is 25.6. The van der Waals surface area contributed by atoms with E-state index in [0.717, 1.165) is 90.0 Å². The van der Waals surface area contributed by atoms with Crippen molar-refractivity contribution in [1.29, 1.82) is 0 Å². The minimum atomic E-state index is -2.10. The lowest BCUT2D eigenvalue weighted by molar-refractivity contribution is -0.385. The van der Waals surface area contributed by atoms with Crippen LogP contribution in [0.5, 0.6) is 0 Å². The maximum atomic E-state index is 13.2. The number of carbonyl (C=O) groups is 13. The summed E-state index contributed by atoms with van der Waals surface area (Å²) >= 11 is 3.32. The third kappa shape index (κ3) is 20.5. The van der Waals surface area contributed by atoms with Crippen LogP contribution in [-0.4, -0.2) is 226 Å². The molecule has 0 spiro atoms. The van der Waals surface area contributed by atoms with Crippen LogP contribution in [0.25, 0.3) is 0 Å². The summed E-state index contributed by atoms with van der Waals surface area (Å²) in [6.07, 6.45) is -37.1. The SMILES string of the molecule is CC(=O)OCC1OC(OC(C)=O)C(OC(C)=O)[C@@H](OC(C)=O)[C@H]1O[C@@H]1OC(CBr)[C@H](O[C@@H]2OC(COC(C)=O)[C@H](O[C@@H]3OC(COC(C)=O)[C@H](OC(C)=O)[C@H](OC(C)=O)C3OC(C)=O)[C@H](OC(C)=O)C2OC(C)=O)[C@H](OC(C)=O)C1OC(C)=O. The van der Waals surface area contributed by atoms with Gasteiger partial charge in [0.25, 0.3) is 0 Å². The van der Waals surface area contributed by atoms with Crippen molar-refractivity contribution in [3.63, 3.8) is 0 Å². The van der Waals surface area contributed by atoms with E-state index < -0.39 is 220 Å². The molecule has 4 fully saturated rings. The Morgan fingerprint density at radius 2 is 0.452 bits per heavy atom. The smallest absolute Gasteiger partial charge is 0.305 e. The van der Waals surface area contributed by atoms with Gasteiger partial charge >= 0.3 is 77.6 Å². The van der Waals surface area contributed by atoms with E-state index in [-0.39, 0.29) is 5.33 Å². The molecular formula is C50H67BrO33. The van der Waals surface area contributed by atoms with Crippen LogP contribution in [0, 0.1) is 0 Å². The third-order valence-corrected chi connectivity index (χ3v) is 12.4. The highest BCUT2D eigenvalue weighted by Crippen LogP contribution is 2.40. The van der Waals surface area contributed by atoms with E-state index in [0.29, 0.717) is 0 Å². The normalized spacial score (nSPS) is 32.7. The molecule has 4 saturated heterocycles. The number of carbonyl (C=O) groups excluding carboxylic acids is 13. The molecule has 0 aromatic carbocycles. The largest absolute Gasteiger partial charge is 0.463 e. The molecule has 33 nitrogen and oxygen atoms in total. The van der Waals surface area contributed by atoms with Gasteiger partial charge in [0.05, 0.1) is 0 Å². The summed E-state index contributed by atoms with van der Waals surface area (Å²) in [4.78, 5) is 165. The Kier molecular flexibility index (Phi) is 26.6. The maximum absolute atomic E-state index is 13.2. The number of esters is 13. The molecule has 4 aliphatic heterocycles. The van der Waals surface area contributed by atoms with Crippen LogP contribution in [0.2, 0.25) is 0 Å². The average Bonchev–Trinajstić information content (AvgIpc) is 1.12. The molecule has 0 N–H and O–H groups in total. The molecule has 34 heteroatoms. The van der Waals surface area contributed by atoms with Crippen LogP contribution in [-0.2, 0) is 157 Å². The van der Waals surface area contributed by atoms with Gasteiger partial charge in [-0.2, -0.15) is 0 Å². The molecule has 4 rings (SSSR count). The van der Waals surface area contributed by atoms with Crippen molar-refractivity contribution in [1.82, 2.24) is 0 Å². The number of hydrogen-bond acceptors (Lipinski definition) is 33. The highest BCUT2D eigenvalue weighted by Gasteiger charge is 2.61. The summed E-state index contributed by atoms with van der Waals surface area (Å²) < 4.78 is 116. The molecule has 84 heavy (non-hydrogen) atoms. The zero-order valence-corrected chi connectivity index (χ0v) is 49.3. The van der Waals surface area contributed by atoms with Gasteiger partial charge in [-0.05, 0) is 0 Å². The average molecular weight is 1280 g/mol. The first-order chi connectivity index (χ1) is 39.3. The fraction of sp³-hybridized carbons (Fsp3) is 0.740. The van der Waals surface area contributed by atoms with E-state index in [1.54, 1.807) is 0 Å². The quantitative estimate of drug-likeness (QED) is 0.0678. The molecule has 0 bridgehead atoms. The fourth-order valence-corrected chi connectivity index (χ4v) is 9.61. The number of rotatable bonds is 23. The van der Waals surface area contributed by atoms with Gasteiger partial charge in [0, 0.05) is 95.3 Å². The van der Waals surface area contributed by atoms with E-state index in [9.17, 15) is 62.3 Å². The monoisotopic (exact) mass is 1270 g/mol. The molecule has 0 aromatic heterocycles. The lowest BCUT2D eigenvalue weighted by atomic mass is 9.95. The first-order valence-corrected chi connectivity index (χ1v) is 26.7.